The van der Waals surface area contributed by atoms with Crippen LogP contribution in [-0.2, 0) is 0 Å². The van der Waals surface area contributed by atoms with Gasteiger partial charge >= 0.3 is 0 Å². The SMILES string of the molecule is CC(NC(=O)c1cccc2ccccc12)/C(N)=N/O. The number of nitrogens with two attached hydrogens (primary N) is 1. The molecule has 0 aliphatic carbocycles. The van der Waals surface area contributed by atoms with E-state index < -0.39 is 6.04 Å². The first kappa shape index (κ1) is 12.9. The number of benzene rings is 2. The number of carbonyl (C=O) groups is 1. The highest BCUT2D eigenvalue weighted by molar-refractivity contribution is 6.08. The Labute approximate surface area is 110 Å². The number of amides is 1. The van der Waals surface area contributed by atoms with E-state index in [2.05, 4.69) is 10.5 Å². The van der Waals surface area contributed by atoms with E-state index in [0.29, 0.717) is 5.56 Å². The van der Waals surface area contributed by atoms with Gasteiger partial charge < -0.3 is 16.3 Å². The Morgan fingerprint density at radius 3 is 2.68 bits per heavy atom. The highest BCUT2D eigenvalue weighted by Crippen LogP contribution is 2.18. The molecule has 0 aliphatic heterocycles. The number of hydrogen-bond donors (Lipinski definition) is 3. The average molecular weight is 257 g/mol. The molecule has 0 aliphatic rings. The summed E-state index contributed by atoms with van der Waals surface area (Å²) in [6.07, 6.45) is 0. The predicted octanol–water partition coefficient (Wildman–Crippen LogP) is 1.70. The van der Waals surface area contributed by atoms with Crippen LogP contribution in [-0.4, -0.2) is 23.0 Å². The van der Waals surface area contributed by atoms with Crippen molar-refractivity contribution in [1.29, 1.82) is 0 Å². The van der Waals surface area contributed by atoms with Gasteiger partial charge in [0.2, 0.25) is 0 Å². The molecule has 0 spiro atoms. The van der Waals surface area contributed by atoms with Crippen molar-refractivity contribution < 1.29 is 10.0 Å². The Balaban J connectivity index is 2.32. The van der Waals surface area contributed by atoms with E-state index in [9.17, 15) is 4.79 Å². The molecule has 0 bridgehead atoms. The van der Waals surface area contributed by atoms with E-state index in [1.165, 1.54) is 0 Å². The summed E-state index contributed by atoms with van der Waals surface area (Å²) in [5.74, 6) is -0.288. The summed E-state index contributed by atoms with van der Waals surface area (Å²) in [5.41, 5.74) is 6.01. The number of amidine groups is 1. The van der Waals surface area contributed by atoms with Crippen LogP contribution in [0, 0.1) is 0 Å². The van der Waals surface area contributed by atoms with Gasteiger partial charge in [-0.25, -0.2) is 0 Å². The van der Waals surface area contributed by atoms with Gasteiger partial charge in [0.05, 0.1) is 6.04 Å². The van der Waals surface area contributed by atoms with Gasteiger partial charge in [-0.05, 0) is 23.8 Å². The molecule has 4 N–H and O–H groups in total. The van der Waals surface area contributed by atoms with Crippen LogP contribution in [0.5, 0.6) is 0 Å². The molecule has 0 saturated carbocycles. The van der Waals surface area contributed by atoms with Crippen molar-refractivity contribution >= 4 is 22.5 Å². The van der Waals surface area contributed by atoms with Crippen LogP contribution in [0.25, 0.3) is 10.8 Å². The monoisotopic (exact) mass is 257 g/mol. The zero-order valence-electron chi connectivity index (χ0n) is 10.5. The number of nitrogens with zero attached hydrogens (tertiary/aromatic N) is 1. The minimum atomic E-state index is -0.531. The third-order valence-electron chi connectivity index (χ3n) is 2.94. The van der Waals surface area contributed by atoms with Crippen LogP contribution in [0.3, 0.4) is 0 Å². The molecule has 1 amide bonds. The van der Waals surface area contributed by atoms with Crippen molar-refractivity contribution in [2.24, 2.45) is 10.9 Å². The zero-order chi connectivity index (χ0) is 13.8. The van der Waals surface area contributed by atoms with Crippen LogP contribution in [0.4, 0.5) is 0 Å². The topological polar surface area (TPSA) is 87.7 Å². The van der Waals surface area contributed by atoms with Gasteiger partial charge in [-0.2, -0.15) is 0 Å². The quantitative estimate of drug-likeness (QED) is 0.338. The summed E-state index contributed by atoms with van der Waals surface area (Å²) in [4.78, 5) is 12.2. The number of nitrogens with one attached hydrogen (secondary N) is 1. The van der Waals surface area contributed by atoms with Crippen LogP contribution >= 0.6 is 0 Å². The van der Waals surface area contributed by atoms with Crippen molar-refractivity contribution in [2.75, 3.05) is 0 Å². The van der Waals surface area contributed by atoms with E-state index in [0.717, 1.165) is 10.8 Å². The van der Waals surface area contributed by atoms with Crippen LogP contribution in [0.2, 0.25) is 0 Å². The maximum absolute atomic E-state index is 12.2. The summed E-state index contributed by atoms with van der Waals surface area (Å²) in [7, 11) is 0. The van der Waals surface area contributed by atoms with Crippen LogP contribution < -0.4 is 11.1 Å². The van der Waals surface area contributed by atoms with E-state index in [1.54, 1.807) is 13.0 Å². The molecule has 1 unspecified atom stereocenters. The lowest BCUT2D eigenvalue weighted by Crippen LogP contribution is -2.42. The molecule has 19 heavy (non-hydrogen) atoms. The van der Waals surface area contributed by atoms with Crippen LogP contribution in [0.15, 0.2) is 47.6 Å². The normalized spacial score (nSPS) is 13.2. The van der Waals surface area contributed by atoms with Gasteiger partial charge in [0.25, 0.3) is 5.91 Å². The third-order valence-corrected chi connectivity index (χ3v) is 2.94. The number of hydrogen-bond acceptors (Lipinski definition) is 3. The number of oxime groups is 1. The maximum Gasteiger partial charge on any atom is 0.252 e. The molecule has 5 nitrogen and oxygen atoms in total. The molecule has 0 heterocycles. The smallest absolute Gasteiger partial charge is 0.252 e. The fourth-order valence-corrected chi connectivity index (χ4v) is 1.86. The number of carbonyl (C=O) groups excluding carboxylic acids is 1. The second kappa shape index (κ2) is 5.39. The summed E-state index contributed by atoms with van der Waals surface area (Å²) >= 11 is 0. The van der Waals surface area contributed by atoms with Gasteiger partial charge in [0.1, 0.15) is 0 Å². The lowest BCUT2D eigenvalue weighted by Gasteiger charge is -2.13. The lowest BCUT2D eigenvalue weighted by atomic mass is 10.0. The Morgan fingerprint density at radius 2 is 1.95 bits per heavy atom. The minimum Gasteiger partial charge on any atom is -0.409 e. The first-order chi connectivity index (χ1) is 9.13. The highest BCUT2D eigenvalue weighted by Gasteiger charge is 2.14. The van der Waals surface area contributed by atoms with Gasteiger partial charge in [0, 0.05) is 5.56 Å². The van der Waals surface area contributed by atoms with Crippen molar-refractivity contribution in [3.8, 4) is 0 Å². The van der Waals surface area contributed by atoms with Crippen LogP contribution in [0.1, 0.15) is 17.3 Å². The molecule has 0 saturated heterocycles. The summed E-state index contributed by atoms with van der Waals surface area (Å²) < 4.78 is 0. The van der Waals surface area contributed by atoms with E-state index >= 15 is 0 Å². The Hall–Kier alpha value is -2.56. The molecular formula is C14H15N3O2. The predicted molar refractivity (Wildman–Crippen MR) is 74.3 cm³/mol. The standard InChI is InChI=1S/C14H15N3O2/c1-9(13(15)17-19)16-14(18)12-8-4-6-10-5-2-3-7-11(10)12/h2-9,19H,1H3,(H2,15,17)(H,16,18). The second-order valence-electron chi connectivity index (χ2n) is 4.25. The summed E-state index contributed by atoms with van der Waals surface area (Å²) in [6, 6.07) is 12.6. The fourth-order valence-electron chi connectivity index (χ4n) is 1.86. The fraction of sp³-hybridized carbons (Fsp3) is 0.143. The minimum absolute atomic E-state index is 0.0337. The van der Waals surface area contributed by atoms with Crippen molar-refractivity contribution in [2.45, 2.75) is 13.0 Å². The zero-order valence-corrected chi connectivity index (χ0v) is 10.5. The van der Waals surface area contributed by atoms with Crippen molar-refractivity contribution in [3.63, 3.8) is 0 Å². The third kappa shape index (κ3) is 2.65. The van der Waals surface area contributed by atoms with Gasteiger partial charge in [0.15, 0.2) is 5.84 Å². The molecular weight excluding hydrogens is 242 g/mol. The van der Waals surface area contributed by atoms with Crippen molar-refractivity contribution in [3.05, 3.63) is 48.0 Å². The Kier molecular flexibility index (Phi) is 3.66. The number of fused-ring (bicyclic) bond motifs is 1. The first-order valence-electron chi connectivity index (χ1n) is 5.89. The molecule has 2 rings (SSSR count). The van der Waals surface area contributed by atoms with Gasteiger partial charge in [-0.15, -0.1) is 0 Å². The molecule has 0 aromatic heterocycles. The van der Waals surface area contributed by atoms with Gasteiger partial charge in [-0.1, -0.05) is 41.6 Å². The molecule has 0 radical (unpaired) electrons. The molecule has 2 aromatic carbocycles. The molecule has 0 fully saturated rings. The Morgan fingerprint density at radius 1 is 1.26 bits per heavy atom. The maximum atomic E-state index is 12.2. The summed E-state index contributed by atoms with van der Waals surface area (Å²) in [5, 5.41) is 16.0. The second-order valence-corrected chi connectivity index (χ2v) is 4.25. The largest absolute Gasteiger partial charge is 0.409 e. The molecule has 98 valence electrons. The van der Waals surface area contributed by atoms with E-state index in [1.807, 2.05) is 36.4 Å². The lowest BCUT2D eigenvalue weighted by molar-refractivity contribution is 0.0950. The first-order valence-corrected chi connectivity index (χ1v) is 5.89. The average Bonchev–Trinajstić information content (AvgIpc) is 2.45. The van der Waals surface area contributed by atoms with E-state index in [4.69, 9.17) is 10.9 Å². The van der Waals surface area contributed by atoms with E-state index in [-0.39, 0.29) is 11.7 Å². The van der Waals surface area contributed by atoms with Gasteiger partial charge in [-0.3, -0.25) is 4.79 Å². The van der Waals surface area contributed by atoms with Crippen molar-refractivity contribution in [1.82, 2.24) is 5.32 Å². The summed E-state index contributed by atoms with van der Waals surface area (Å²) in [6.45, 7) is 1.65. The number of rotatable bonds is 3. The Bertz CT molecular complexity index is 632. The molecule has 1 atom stereocenters. The molecule has 5 heteroatoms. The molecule has 2 aromatic rings. The highest BCUT2D eigenvalue weighted by atomic mass is 16.4.